The van der Waals surface area contributed by atoms with Gasteiger partial charge in [-0.3, -0.25) is 9.59 Å². The van der Waals surface area contributed by atoms with Crippen molar-refractivity contribution in [1.29, 1.82) is 0 Å². The number of nitrogens with one attached hydrogen (secondary N) is 1. The highest BCUT2D eigenvalue weighted by Crippen LogP contribution is 2.27. The molecule has 0 saturated heterocycles. The van der Waals surface area contributed by atoms with Crippen LogP contribution >= 0.6 is 34.8 Å². The Hall–Kier alpha value is -1.95. The van der Waals surface area contributed by atoms with Gasteiger partial charge in [-0.15, -0.1) is 0 Å². The number of halogens is 3. The zero-order valence-electron chi connectivity index (χ0n) is 18.7. The van der Waals surface area contributed by atoms with Gasteiger partial charge in [0.1, 0.15) is 11.8 Å². The van der Waals surface area contributed by atoms with Gasteiger partial charge >= 0.3 is 0 Å². The molecule has 1 atom stereocenters. The summed E-state index contributed by atoms with van der Waals surface area (Å²) in [6.07, 6.45) is 4.92. The fourth-order valence-electron chi connectivity index (χ4n) is 3.92. The first-order valence-electron chi connectivity index (χ1n) is 11.3. The second kappa shape index (κ2) is 12.5. The topological polar surface area (TPSA) is 58.6 Å². The fourth-order valence-corrected chi connectivity index (χ4v) is 4.56. The second-order valence-electron chi connectivity index (χ2n) is 8.29. The third-order valence-electron chi connectivity index (χ3n) is 5.88. The van der Waals surface area contributed by atoms with Crippen LogP contribution in [-0.2, 0) is 16.1 Å². The van der Waals surface area contributed by atoms with Crippen molar-refractivity contribution in [2.45, 2.75) is 64.1 Å². The molecule has 1 aliphatic rings. The van der Waals surface area contributed by atoms with Gasteiger partial charge in [-0.2, -0.15) is 0 Å². The maximum Gasteiger partial charge on any atom is 0.242 e. The van der Waals surface area contributed by atoms with Gasteiger partial charge in [0.2, 0.25) is 11.8 Å². The minimum Gasteiger partial charge on any atom is -0.494 e. The normalized spacial score (nSPS) is 14.7. The van der Waals surface area contributed by atoms with Gasteiger partial charge in [-0.1, -0.05) is 53.7 Å². The summed E-state index contributed by atoms with van der Waals surface area (Å²) in [5, 5.41) is 4.66. The first kappa shape index (κ1) is 25.7. The number of hydrogen-bond acceptors (Lipinski definition) is 3. The summed E-state index contributed by atoms with van der Waals surface area (Å²) in [4.78, 5) is 27.7. The van der Waals surface area contributed by atoms with Crippen LogP contribution in [0.4, 0.5) is 0 Å². The minimum atomic E-state index is -0.650. The van der Waals surface area contributed by atoms with Gasteiger partial charge in [-0.05, 0) is 62.6 Å². The number of nitrogens with zero attached hydrogens (tertiary/aromatic N) is 1. The highest BCUT2D eigenvalue weighted by Gasteiger charge is 2.29. The summed E-state index contributed by atoms with van der Waals surface area (Å²) in [5.74, 6) is 0.381. The molecule has 1 aliphatic carbocycles. The van der Waals surface area contributed by atoms with E-state index in [4.69, 9.17) is 39.5 Å². The summed E-state index contributed by atoms with van der Waals surface area (Å²) in [5.41, 5.74) is 0.632. The van der Waals surface area contributed by atoms with E-state index in [-0.39, 0.29) is 30.8 Å². The summed E-state index contributed by atoms with van der Waals surface area (Å²) in [6, 6.07) is 11.8. The van der Waals surface area contributed by atoms with Crippen LogP contribution in [0.3, 0.4) is 0 Å². The lowest BCUT2D eigenvalue weighted by Crippen LogP contribution is -2.49. The number of carbonyl (C=O) groups excluding carboxylic acids is 2. The standard InChI is InChI=1S/C25H29Cl3N2O3/c1-17(25(32)29-19-6-2-3-7-19)30(16-21-22(27)8-4-9-23(21)28)24(31)10-5-15-33-20-13-11-18(26)12-14-20/h4,8-9,11-14,17,19H,2-3,5-7,10,15-16H2,1H3,(H,29,32). The van der Waals surface area contributed by atoms with Crippen molar-refractivity contribution < 1.29 is 14.3 Å². The van der Waals surface area contributed by atoms with Gasteiger partial charge < -0.3 is 15.0 Å². The third-order valence-corrected chi connectivity index (χ3v) is 6.84. The first-order valence-corrected chi connectivity index (χ1v) is 12.4. The van der Waals surface area contributed by atoms with Crippen LogP contribution in [0.15, 0.2) is 42.5 Å². The lowest BCUT2D eigenvalue weighted by molar-refractivity contribution is -0.141. The number of carbonyl (C=O) groups is 2. The van der Waals surface area contributed by atoms with E-state index in [9.17, 15) is 9.59 Å². The molecule has 1 fully saturated rings. The monoisotopic (exact) mass is 510 g/mol. The van der Waals surface area contributed by atoms with Crippen molar-refractivity contribution in [2.75, 3.05) is 6.61 Å². The summed E-state index contributed by atoms with van der Waals surface area (Å²) in [7, 11) is 0. The molecular weight excluding hydrogens is 483 g/mol. The summed E-state index contributed by atoms with van der Waals surface area (Å²) in [6.45, 7) is 2.28. The van der Waals surface area contributed by atoms with Gasteiger partial charge in [0.15, 0.2) is 0 Å². The van der Waals surface area contributed by atoms with Crippen molar-refractivity contribution in [1.82, 2.24) is 10.2 Å². The van der Waals surface area contributed by atoms with Crippen LogP contribution in [0, 0.1) is 0 Å². The zero-order chi connectivity index (χ0) is 23.8. The molecule has 178 valence electrons. The molecule has 3 rings (SSSR count). The molecular formula is C25H29Cl3N2O3. The van der Waals surface area contributed by atoms with Crippen molar-refractivity contribution >= 4 is 46.6 Å². The van der Waals surface area contributed by atoms with Crippen molar-refractivity contribution in [3.63, 3.8) is 0 Å². The lowest BCUT2D eigenvalue weighted by Gasteiger charge is -2.30. The molecule has 0 spiro atoms. The SMILES string of the molecule is CC(C(=O)NC1CCCC1)N(Cc1c(Cl)cccc1Cl)C(=O)CCCOc1ccc(Cl)cc1. The highest BCUT2D eigenvalue weighted by molar-refractivity contribution is 6.36. The largest absolute Gasteiger partial charge is 0.494 e. The maximum absolute atomic E-state index is 13.2. The number of rotatable bonds is 10. The van der Waals surface area contributed by atoms with Crippen molar-refractivity contribution in [2.24, 2.45) is 0 Å². The van der Waals surface area contributed by atoms with Gasteiger partial charge in [0.05, 0.1) is 6.61 Å². The van der Waals surface area contributed by atoms with Crippen LogP contribution in [0.25, 0.3) is 0 Å². The van der Waals surface area contributed by atoms with Crippen molar-refractivity contribution in [3.05, 3.63) is 63.1 Å². The quantitative estimate of drug-likeness (QED) is 0.382. The van der Waals surface area contributed by atoms with E-state index >= 15 is 0 Å². The predicted molar refractivity (Wildman–Crippen MR) is 133 cm³/mol. The van der Waals surface area contributed by atoms with E-state index in [2.05, 4.69) is 5.32 Å². The summed E-state index contributed by atoms with van der Waals surface area (Å²) >= 11 is 18.6. The smallest absolute Gasteiger partial charge is 0.242 e. The molecule has 1 N–H and O–H groups in total. The number of amides is 2. The molecule has 33 heavy (non-hydrogen) atoms. The third kappa shape index (κ3) is 7.53. The van der Waals surface area contributed by atoms with Gasteiger partial charge in [0, 0.05) is 39.6 Å². The van der Waals surface area contributed by atoms with Crippen LogP contribution in [0.2, 0.25) is 15.1 Å². The first-order chi connectivity index (χ1) is 15.8. The van der Waals surface area contributed by atoms with E-state index in [0.29, 0.717) is 39.4 Å². The number of benzene rings is 2. The Morgan fingerprint density at radius 3 is 2.33 bits per heavy atom. The maximum atomic E-state index is 13.2. The molecule has 0 radical (unpaired) electrons. The predicted octanol–water partition coefficient (Wildman–Crippen LogP) is 6.28. The lowest BCUT2D eigenvalue weighted by atomic mass is 10.1. The molecule has 0 heterocycles. The Balaban J connectivity index is 1.64. The Morgan fingerprint density at radius 1 is 1.06 bits per heavy atom. The molecule has 0 bridgehead atoms. The Bertz CT molecular complexity index is 926. The van der Waals surface area contributed by atoms with Crippen LogP contribution in [-0.4, -0.2) is 35.4 Å². The average Bonchev–Trinajstić information content (AvgIpc) is 3.30. The zero-order valence-corrected chi connectivity index (χ0v) is 20.9. The molecule has 0 aromatic heterocycles. The summed E-state index contributed by atoms with van der Waals surface area (Å²) < 4.78 is 5.69. The Kier molecular flexibility index (Phi) is 9.72. The van der Waals surface area contributed by atoms with E-state index in [1.165, 1.54) is 0 Å². The van der Waals surface area contributed by atoms with Crippen LogP contribution < -0.4 is 10.1 Å². The molecule has 2 aromatic rings. The molecule has 8 heteroatoms. The van der Waals surface area contributed by atoms with Crippen molar-refractivity contribution in [3.8, 4) is 5.75 Å². The number of hydrogen-bond donors (Lipinski definition) is 1. The van der Waals surface area contributed by atoms with E-state index in [1.807, 2.05) is 0 Å². The fraction of sp³-hybridized carbons (Fsp3) is 0.440. The molecule has 1 saturated carbocycles. The van der Waals surface area contributed by atoms with E-state index in [1.54, 1.807) is 54.3 Å². The average molecular weight is 512 g/mol. The molecule has 2 aromatic carbocycles. The van der Waals surface area contributed by atoms with Crippen LogP contribution in [0.1, 0.15) is 51.0 Å². The van der Waals surface area contributed by atoms with Gasteiger partial charge in [0.25, 0.3) is 0 Å². The Labute approximate surface area is 210 Å². The molecule has 0 aliphatic heterocycles. The molecule has 5 nitrogen and oxygen atoms in total. The minimum absolute atomic E-state index is 0.153. The van der Waals surface area contributed by atoms with Crippen LogP contribution in [0.5, 0.6) is 5.75 Å². The van der Waals surface area contributed by atoms with Gasteiger partial charge in [-0.25, -0.2) is 0 Å². The van der Waals surface area contributed by atoms with E-state index < -0.39 is 6.04 Å². The number of ether oxygens (including phenoxy) is 1. The molecule has 2 amide bonds. The Morgan fingerprint density at radius 2 is 1.70 bits per heavy atom. The highest BCUT2D eigenvalue weighted by atomic mass is 35.5. The second-order valence-corrected chi connectivity index (χ2v) is 9.54. The molecule has 1 unspecified atom stereocenters. The van der Waals surface area contributed by atoms with E-state index in [0.717, 1.165) is 25.7 Å².